The van der Waals surface area contributed by atoms with Crippen molar-refractivity contribution in [1.29, 1.82) is 0 Å². The van der Waals surface area contributed by atoms with Crippen LogP contribution in [0, 0.1) is 0 Å². The van der Waals surface area contributed by atoms with Crippen LogP contribution >= 0.6 is 11.6 Å². The summed E-state index contributed by atoms with van der Waals surface area (Å²) in [5.74, 6) is -0.289. The number of benzene rings is 3. The predicted octanol–water partition coefficient (Wildman–Crippen LogP) is 6.35. The van der Waals surface area contributed by atoms with Crippen molar-refractivity contribution in [1.82, 2.24) is 4.98 Å². The zero-order valence-corrected chi connectivity index (χ0v) is 16.7. The normalized spacial score (nSPS) is 10.6. The van der Waals surface area contributed by atoms with Gasteiger partial charge in [-0.05, 0) is 59.2 Å². The first-order valence-electron chi connectivity index (χ1n) is 9.37. The maximum atomic E-state index is 11.4. The fourth-order valence-electron chi connectivity index (χ4n) is 3.26. The van der Waals surface area contributed by atoms with Crippen molar-refractivity contribution in [2.45, 2.75) is 6.61 Å². The Balaban J connectivity index is 1.77. The zero-order chi connectivity index (χ0) is 20.9. The molecule has 0 fully saturated rings. The Morgan fingerprint density at radius 2 is 1.67 bits per heavy atom. The van der Waals surface area contributed by atoms with E-state index in [0.29, 0.717) is 17.4 Å². The van der Waals surface area contributed by atoms with E-state index in [1.165, 1.54) is 0 Å². The Morgan fingerprint density at radius 1 is 0.867 bits per heavy atom. The van der Waals surface area contributed by atoms with E-state index in [0.717, 1.165) is 27.9 Å². The Bertz CT molecular complexity index is 1190. The van der Waals surface area contributed by atoms with Gasteiger partial charge in [0.1, 0.15) is 12.4 Å². The summed E-state index contributed by atoms with van der Waals surface area (Å²) in [5, 5.41) is 9.95. The average Bonchev–Trinajstić information content (AvgIpc) is 2.79. The second-order valence-corrected chi connectivity index (χ2v) is 7.12. The first kappa shape index (κ1) is 19.7. The summed E-state index contributed by atoms with van der Waals surface area (Å²) < 4.78 is 6.07. The van der Waals surface area contributed by atoms with Crippen LogP contribution in [0.5, 0.6) is 5.75 Å². The van der Waals surface area contributed by atoms with Gasteiger partial charge in [0.15, 0.2) is 0 Å². The van der Waals surface area contributed by atoms with Crippen LogP contribution in [0.2, 0.25) is 5.02 Å². The van der Waals surface area contributed by atoms with Gasteiger partial charge in [-0.3, -0.25) is 4.98 Å². The molecule has 0 amide bonds. The molecule has 0 unspecified atom stereocenters. The van der Waals surface area contributed by atoms with E-state index in [1.54, 1.807) is 30.5 Å². The number of rotatable bonds is 6. The van der Waals surface area contributed by atoms with Gasteiger partial charge in [-0.25, -0.2) is 4.79 Å². The summed E-state index contributed by atoms with van der Waals surface area (Å²) in [5.41, 5.74) is 4.49. The molecule has 0 aliphatic heterocycles. The highest BCUT2D eigenvalue weighted by atomic mass is 35.5. The lowest BCUT2D eigenvalue weighted by Crippen LogP contribution is -1.99. The van der Waals surface area contributed by atoms with Crippen LogP contribution in [0.1, 0.15) is 16.1 Å². The van der Waals surface area contributed by atoms with Gasteiger partial charge in [-0.1, -0.05) is 54.1 Å². The van der Waals surface area contributed by atoms with Gasteiger partial charge in [-0.2, -0.15) is 0 Å². The van der Waals surface area contributed by atoms with Gasteiger partial charge in [0, 0.05) is 16.8 Å². The summed E-state index contributed by atoms with van der Waals surface area (Å²) in [7, 11) is 0. The third kappa shape index (κ3) is 4.34. The molecule has 4 aromatic rings. The van der Waals surface area contributed by atoms with E-state index in [-0.39, 0.29) is 5.56 Å². The van der Waals surface area contributed by atoms with Crippen LogP contribution in [0.15, 0.2) is 91.1 Å². The molecule has 0 atom stereocenters. The van der Waals surface area contributed by atoms with Crippen LogP contribution < -0.4 is 4.74 Å². The molecule has 0 saturated carbocycles. The number of aromatic carboxylic acids is 1. The van der Waals surface area contributed by atoms with Crippen LogP contribution in [-0.2, 0) is 6.61 Å². The highest BCUT2D eigenvalue weighted by Gasteiger charge is 2.14. The molecule has 0 aliphatic rings. The molecule has 30 heavy (non-hydrogen) atoms. The van der Waals surface area contributed by atoms with E-state index in [9.17, 15) is 9.90 Å². The molecule has 1 aromatic heterocycles. The number of halogens is 1. The van der Waals surface area contributed by atoms with Crippen LogP contribution in [0.25, 0.3) is 22.3 Å². The summed E-state index contributed by atoms with van der Waals surface area (Å²) in [6.45, 7) is 0.326. The monoisotopic (exact) mass is 415 g/mol. The summed E-state index contributed by atoms with van der Waals surface area (Å²) in [4.78, 5) is 15.7. The van der Waals surface area contributed by atoms with Crippen LogP contribution in [0.4, 0.5) is 0 Å². The fourth-order valence-corrected chi connectivity index (χ4v) is 3.44. The Labute approximate surface area is 179 Å². The van der Waals surface area contributed by atoms with Crippen molar-refractivity contribution in [2.24, 2.45) is 0 Å². The standard InChI is InChI=1S/C25H18ClNO3/c26-19-11-12-24(30-16-20-8-3-4-13-27-20)23(15-19)22-10-2-1-9-21(22)17-6-5-7-18(14-17)25(28)29/h1-15H,16H2,(H,28,29). The molecule has 5 heteroatoms. The topological polar surface area (TPSA) is 59.4 Å². The van der Waals surface area contributed by atoms with E-state index in [2.05, 4.69) is 4.98 Å². The number of carboxylic acid groups (broad SMARTS) is 1. The average molecular weight is 416 g/mol. The summed E-state index contributed by atoms with van der Waals surface area (Å²) >= 11 is 6.30. The van der Waals surface area contributed by atoms with E-state index >= 15 is 0 Å². The molecule has 1 N–H and O–H groups in total. The highest BCUT2D eigenvalue weighted by Crippen LogP contribution is 2.39. The number of hydrogen-bond acceptors (Lipinski definition) is 3. The molecule has 1 heterocycles. The van der Waals surface area contributed by atoms with E-state index < -0.39 is 5.97 Å². The predicted molar refractivity (Wildman–Crippen MR) is 118 cm³/mol. The Hall–Kier alpha value is -3.63. The van der Waals surface area contributed by atoms with Crippen molar-refractivity contribution in [2.75, 3.05) is 0 Å². The van der Waals surface area contributed by atoms with Crippen molar-refractivity contribution >= 4 is 17.6 Å². The molecule has 0 saturated heterocycles. The Kier molecular flexibility index (Phi) is 5.77. The van der Waals surface area contributed by atoms with Gasteiger partial charge >= 0.3 is 5.97 Å². The minimum atomic E-state index is -0.962. The number of carboxylic acids is 1. The molecule has 148 valence electrons. The summed E-state index contributed by atoms with van der Waals surface area (Å²) in [6, 6.07) is 25.8. The number of hydrogen-bond donors (Lipinski definition) is 1. The minimum Gasteiger partial charge on any atom is -0.487 e. The largest absolute Gasteiger partial charge is 0.487 e. The molecule has 0 spiro atoms. The van der Waals surface area contributed by atoms with E-state index in [4.69, 9.17) is 16.3 Å². The lowest BCUT2D eigenvalue weighted by atomic mass is 9.93. The number of nitrogens with zero attached hydrogens (tertiary/aromatic N) is 1. The van der Waals surface area contributed by atoms with Crippen molar-refractivity contribution in [3.05, 3.63) is 107 Å². The van der Waals surface area contributed by atoms with Gasteiger partial charge in [-0.15, -0.1) is 0 Å². The Morgan fingerprint density at radius 3 is 2.43 bits per heavy atom. The maximum Gasteiger partial charge on any atom is 0.335 e. The van der Waals surface area contributed by atoms with Crippen molar-refractivity contribution < 1.29 is 14.6 Å². The second kappa shape index (κ2) is 8.80. The minimum absolute atomic E-state index is 0.236. The lowest BCUT2D eigenvalue weighted by molar-refractivity contribution is 0.0697. The van der Waals surface area contributed by atoms with Crippen LogP contribution in [-0.4, -0.2) is 16.1 Å². The van der Waals surface area contributed by atoms with Gasteiger partial charge in [0.2, 0.25) is 0 Å². The number of ether oxygens (including phenoxy) is 1. The van der Waals surface area contributed by atoms with E-state index in [1.807, 2.05) is 60.7 Å². The first-order valence-corrected chi connectivity index (χ1v) is 9.75. The molecule has 4 rings (SSSR count). The smallest absolute Gasteiger partial charge is 0.335 e. The van der Waals surface area contributed by atoms with Gasteiger partial charge in [0.05, 0.1) is 11.3 Å². The molecule has 4 nitrogen and oxygen atoms in total. The summed E-state index contributed by atoms with van der Waals surface area (Å²) in [6.07, 6.45) is 1.73. The quantitative estimate of drug-likeness (QED) is 0.398. The third-order valence-electron chi connectivity index (χ3n) is 4.68. The van der Waals surface area contributed by atoms with Crippen LogP contribution in [0.3, 0.4) is 0 Å². The molecule has 0 aliphatic carbocycles. The maximum absolute atomic E-state index is 11.4. The first-order chi connectivity index (χ1) is 14.6. The number of pyridine rings is 1. The molecule has 0 bridgehead atoms. The van der Waals surface area contributed by atoms with Gasteiger partial charge in [0.25, 0.3) is 0 Å². The number of carbonyl (C=O) groups is 1. The number of aromatic nitrogens is 1. The van der Waals surface area contributed by atoms with Crippen molar-refractivity contribution in [3.63, 3.8) is 0 Å². The zero-order valence-electron chi connectivity index (χ0n) is 16.0. The molecule has 3 aromatic carbocycles. The fraction of sp³-hybridized carbons (Fsp3) is 0.0400. The molecule has 0 radical (unpaired) electrons. The van der Waals surface area contributed by atoms with Gasteiger partial charge < -0.3 is 9.84 Å². The SMILES string of the molecule is O=C(O)c1cccc(-c2ccccc2-c2cc(Cl)ccc2OCc2ccccn2)c1. The molecular weight excluding hydrogens is 398 g/mol. The lowest BCUT2D eigenvalue weighted by Gasteiger charge is -2.16. The highest BCUT2D eigenvalue weighted by molar-refractivity contribution is 6.31. The molecular formula is C25H18ClNO3. The van der Waals surface area contributed by atoms with Crippen molar-refractivity contribution in [3.8, 4) is 28.0 Å². The second-order valence-electron chi connectivity index (χ2n) is 6.68. The third-order valence-corrected chi connectivity index (χ3v) is 4.92.